The van der Waals surface area contributed by atoms with E-state index in [1.54, 1.807) is 24.3 Å². The number of hydrogen-bond acceptors (Lipinski definition) is 5. The fourth-order valence-corrected chi connectivity index (χ4v) is 2.88. The number of nitriles is 1. The van der Waals surface area contributed by atoms with Gasteiger partial charge in [0.15, 0.2) is 6.23 Å². The van der Waals surface area contributed by atoms with E-state index in [1.807, 2.05) is 0 Å². The molecule has 0 aromatic heterocycles. The summed E-state index contributed by atoms with van der Waals surface area (Å²) in [5.41, 5.74) is 1.45. The van der Waals surface area contributed by atoms with Gasteiger partial charge in [-0.2, -0.15) is 5.26 Å². The maximum Gasteiger partial charge on any atom is 0.277 e. The number of rotatable bonds is 4. The van der Waals surface area contributed by atoms with Gasteiger partial charge < -0.3 is 10.0 Å². The van der Waals surface area contributed by atoms with Crippen molar-refractivity contribution in [1.82, 2.24) is 4.90 Å². The van der Waals surface area contributed by atoms with Gasteiger partial charge in [-0.25, -0.2) is 0 Å². The zero-order valence-corrected chi connectivity index (χ0v) is 12.5. The Morgan fingerprint density at radius 1 is 1.25 bits per heavy atom. The lowest BCUT2D eigenvalue weighted by Crippen LogP contribution is -2.27. The molecule has 0 spiro atoms. The van der Waals surface area contributed by atoms with Crippen LogP contribution in [0.2, 0.25) is 0 Å². The van der Waals surface area contributed by atoms with Gasteiger partial charge in [0.05, 0.1) is 28.5 Å². The van der Waals surface area contributed by atoms with Crippen molar-refractivity contribution >= 4 is 11.6 Å². The highest BCUT2D eigenvalue weighted by Gasteiger charge is 2.40. The first-order valence-electron chi connectivity index (χ1n) is 7.24. The number of nitrogens with zero attached hydrogens (tertiary/aromatic N) is 3. The third-order valence-electron chi connectivity index (χ3n) is 3.95. The summed E-state index contributed by atoms with van der Waals surface area (Å²) in [5.74, 6) is -0.452. The normalized spacial score (nSPS) is 15.9. The first kappa shape index (κ1) is 15.6. The fraction of sp³-hybridized carbons (Fsp3) is 0.176. The summed E-state index contributed by atoms with van der Waals surface area (Å²) in [4.78, 5) is 24.2. The molecule has 0 saturated heterocycles. The van der Waals surface area contributed by atoms with E-state index in [9.17, 15) is 20.0 Å². The maximum absolute atomic E-state index is 12.5. The highest BCUT2D eigenvalue weighted by atomic mass is 16.6. The highest BCUT2D eigenvalue weighted by Crippen LogP contribution is 2.38. The number of carbonyl (C=O) groups is 1. The summed E-state index contributed by atoms with van der Waals surface area (Å²) in [5, 5.41) is 30.3. The fourth-order valence-electron chi connectivity index (χ4n) is 2.88. The van der Waals surface area contributed by atoms with E-state index in [-0.39, 0.29) is 29.8 Å². The molecule has 24 heavy (non-hydrogen) atoms. The van der Waals surface area contributed by atoms with Crippen LogP contribution in [0.1, 0.15) is 33.3 Å². The first-order chi connectivity index (χ1) is 11.5. The maximum atomic E-state index is 12.5. The van der Waals surface area contributed by atoms with Crippen LogP contribution in [0.3, 0.4) is 0 Å². The lowest BCUT2D eigenvalue weighted by Gasteiger charge is -2.21. The molecular formula is C17H13N3O4. The second-order valence-electron chi connectivity index (χ2n) is 5.46. The second kappa shape index (κ2) is 6.10. The molecule has 1 amide bonds. The van der Waals surface area contributed by atoms with Gasteiger partial charge in [0, 0.05) is 12.6 Å². The van der Waals surface area contributed by atoms with Gasteiger partial charge >= 0.3 is 0 Å². The zero-order chi connectivity index (χ0) is 17.3. The van der Waals surface area contributed by atoms with Gasteiger partial charge in [-0.1, -0.05) is 30.3 Å². The van der Waals surface area contributed by atoms with Crippen LogP contribution in [0.4, 0.5) is 5.69 Å². The molecule has 0 radical (unpaired) electrons. The molecule has 0 saturated carbocycles. The number of nitro groups is 1. The van der Waals surface area contributed by atoms with Gasteiger partial charge in [0.25, 0.3) is 11.6 Å². The monoisotopic (exact) mass is 323 g/mol. The molecular weight excluding hydrogens is 310 g/mol. The minimum absolute atomic E-state index is 0.0284. The molecule has 1 heterocycles. The lowest BCUT2D eigenvalue weighted by molar-refractivity contribution is -0.386. The molecule has 1 unspecified atom stereocenters. The molecule has 0 fully saturated rings. The predicted octanol–water partition coefficient (Wildman–Crippen LogP) is 2.31. The van der Waals surface area contributed by atoms with Crippen LogP contribution in [-0.4, -0.2) is 20.8 Å². The van der Waals surface area contributed by atoms with Crippen LogP contribution in [0.25, 0.3) is 0 Å². The molecule has 1 aliphatic heterocycles. The number of fused-ring (bicyclic) bond motifs is 1. The Labute approximate surface area is 137 Å². The Bertz CT molecular complexity index is 872. The third kappa shape index (κ3) is 2.59. The second-order valence-corrected chi connectivity index (χ2v) is 5.46. The molecule has 1 N–H and O–H groups in total. The number of nitro benzene ring substituents is 1. The molecule has 7 heteroatoms. The van der Waals surface area contributed by atoms with Crippen molar-refractivity contribution in [2.45, 2.75) is 19.2 Å². The van der Waals surface area contributed by atoms with Crippen molar-refractivity contribution in [3.63, 3.8) is 0 Å². The number of benzene rings is 2. The van der Waals surface area contributed by atoms with Gasteiger partial charge in [-0.05, 0) is 17.2 Å². The van der Waals surface area contributed by atoms with Crippen molar-refractivity contribution in [1.29, 1.82) is 5.26 Å². The van der Waals surface area contributed by atoms with Gasteiger partial charge in [0.1, 0.15) is 0 Å². The van der Waals surface area contributed by atoms with Crippen molar-refractivity contribution in [2.75, 3.05) is 0 Å². The van der Waals surface area contributed by atoms with E-state index in [0.717, 1.165) is 11.1 Å². The average Bonchev–Trinajstić information content (AvgIpc) is 2.81. The molecule has 1 aliphatic rings. The Kier molecular flexibility index (Phi) is 3.98. The number of aliphatic hydroxyl groups excluding tert-OH is 1. The third-order valence-corrected chi connectivity index (χ3v) is 3.95. The van der Waals surface area contributed by atoms with E-state index in [0.29, 0.717) is 0 Å². The van der Waals surface area contributed by atoms with E-state index in [1.165, 1.54) is 23.1 Å². The van der Waals surface area contributed by atoms with E-state index >= 15 is 0 Å². The molecule has 120 valence electrons. The Morgan fingerprint density at radius 2 is 1.96 bits per heavy atom. The number of amides is 1. The van der Waals surface area contributed by atoms with Crippen LogP contribution in [0, 0.1) is 21.4 Å². The summed E-state index contributed by atoms with van der Waals surface area (Å²) in [6.45, 7) is 0.102. The number of carbonyl (C=O) groups excluding carboxylic acids is 1. The molecule has 2 aromatic rings. The Hall–Kier alpha value is -3.24. The minimum Gasteiger partial charge on any atom is -0.369 e. The van der Waals surface area contributed by atoms with E-state index < -0.39 is 17.1 Å². The minimum atomic E-state index is -1.37. The van der Waals surface area contributed by atoms with Crippen LogP contribution < -0.4 is 0 Å². The SMILES string of the molecule is N#CCc1cccc(CN2C(=O)c3cccc([N+](=O)[O-])c3C2O)c1. The summed E-state index contributed by atoms with van der Waals surface area (Å²) in [6, 6.07) is 13.3. The Balaban J connectivity index is 1.93. The first-order valence-corrected chi connectivity index (χ1v) is 7.24. The standard InChI is InChI=1S/C17H13N3O4/c18-8-7-11-3-1-4-12(9-11)10-19-16(21)13-5-2-6-14(20(23)24)15(13)17(19)22/h1-6,9,17,22H,7,10H2. The van der Waals surface area contributed by atoms with Crippen molar-refractivity contribution in [2.24, 2.45) is 0 Å². The topological polar surface area (TPSA) is 107 Å². The van der Waals surface area contributed by atoms with Crippen LogP contribution in [0.15, 0.2) is 42.5 Å². The van der Waals surface area contributed by atoms with Crippen LogP contribution in [-0.2, 0) is 13.0 Å². The van der Waals surface area contributed by atoms with E-state index in [4.69, 9.17) is 5.26 Å². The molecule has 3 rings (SSSR count). The smallest absolute Gasteiger partial charge is 0.277 e. The quantitative estimate of drug-likeness (QED) is 0.686. The summed E-state index contributed by atoms with van der Waals surface area (Å²) < 4.78 is 0. The van der Waals surface area contributed by atoms with E-state index in [2.05, 4.69) is 6.07 Å². The largest absolute Gasteiger partial charge is 0.369 e. The van der Waals surface area contributed by atoms with Crippen molar-refractivity contribution in [3.05, 3.63) is 74.8 Å². The summed E-state index contributed by atoms with van der Waals surface area (Å²) in [7, 11) is 0. The highest BCUT2D eigenvalue weighted by molar-refractivity contribution is 6.00. The summed E-state index contributed by atoms with van der Waals surface area (Å²) >= 11 is 0. The lowest BCUT2D eigenvalue weighted by atomic mass is 10.1. The van der Waals surface area contributed by atoms with Crippen molar-refractivity contribution < 1.29 is 14.8 Å². The summed E-state index contributed by atoms with van der Waals surface area (Å²) in [6.07, 6.45) is -1.12. The number of hydrogen-bond donors (Lipinski definition) is 1. The van der Waals surface area contributed by atoms with Gasteiger partial charge in [-0.3, -0.25) is 14.9 Å². The predicted molar refractivity (Wildman–Crippen MR) is 83.7 cm³/mol. The zero-order valence-electron chi connectivity index (χ0n) is 12.5. The van der Waals surface area contributed by atoms with Crippen LogP contribution >= 0.6 is 0 Å². The van der Waals surface area contributed by atoms with Crippen LogP contribution in [0.5, 0.6) is 0 Å². The average molecular weight is 323 g/mol. The van der Waals surface area contributed by atoms with Crippen molar-refractivity contribution in [3.8, 4) is 6.07 Å². The molecule has 0 bridgehead atoms. The number of aliphatic hydroxyl groups is 1. The molecule has 0 aliphatic carbocycles. The molecule has 1 atom stereocenters. The van der Waals surface area contributed by atoms with Gasteiger partial charge in [0.2, 0.25) is 0 Å². The molecule has 2 aromatic carbocycles. The Morgan fingerprint density at radius 3 is 2.67 bits per heavy atom. The molecule has 7 nitrogen and oxygen atoms in total. The van der Waals surface area contributed by atoms with Gasteiger partial charge in [-0.15, -0.1) is 0 Å².